The minimum atomic E-state index is 0.345. The molecule has 1 saturated heterocycles. The van der Waals surface area contributed by atoms with E-state index in [0.717, 1.165) is 54.3 Å². The number of thiophene rings is 1. The highest BCUT2D eigenvalue weighted by atomic mass is 32.1. The molecule has 0 amide bonds. The zero-order valence-electron chi connectivity index (χ0n) is 11.4. The van der Waals surface area contributed by atoms with Gasteiger partial charge in [-0.05, 0) is 25.3 Å². The van der Waals surface area contributed by atoms with Crippen molar-refractivity contribution in [2.75, 3.05) is 25.6 Å². The van der Waals surface area contributed by atoms with Crippen LogP contribution in [0.15, 0.2) is 6.07 Å². The molecular formula is C14H19N3OS. The van der Waals surface area contributed by atoms with Crippen molar-refractivity contribution in [1.29, 1.82) is 0 Å². The number of nitrogens with zero attached hydrogens (tertiary/aromatic N) is 2. The highest BCUT2D eigenvalue weighted by molar-refractivity contribution is 7.18. The number of hydrogen-bond donors (Lipinski definition) is 1. The molecule has 1 fully saturated rings. The monoisotopic (exact) mass is 277 g/mol. The summed E-state index contributed by atoms with van der Waals surface area (Å²) in [5.74, 6) is 2.22. The first-order valence-electron chi connectivity index (χ1n) is 6.87. The first-order chi connectivity index (χ1) is 9.31. The van der Waals surface area contributed by atoms with Gasteiger partial charge in [0, 0.05) is 24.4 Å². The van der Waals surface area contributed by atoms with Crippen molar-refractivity contribution in [2.24, 2.45) is 0 Å². The van der Waals surface area contributed by atoms with Crippen molar-refractivity contribution in [1.82, 2.24) is 9.97 Å². The second-order valence-corrected chi connectivity index (χ2v) is 5.99. The van der Waals surface area contributed by atoms with Gasteiger partial charge in [-0.1, -0.05) is 6.92 Å². The van der Waals surface area contributed by atoms with Crippen molar-refractivity contribution in [3.8, 4) is 0 Å². The van der Waals surface area contributed by atoms with E-state index < -0.39 is 0 Å². The fourth-order valence-corrected chi connectivity index (χ4v) is 3.45. The molecule has 3 heterocycles. The molecule has 102 valence electrons. The number of aromatic nitrogens is 2. The summed E-state index contributed by atoms with van der Waals surface area (Å²) in [6, 6.07) is 2.20. The molecule has 0 saturated carbocycles. The van der Waals surface area contributed by atoms with Crippen LogP contribution in [0.5, 0.6) is 0 Å². The number of ether oxygens (including phenoxy) is 1. The maximum Gasteiger partial charge on any atom is 0.138 e. The average Bonchev–Trinajstić information content (AvgIpc) is 2.90. The molecule has 0 aliphatic carbocycles. The van der Waals surface area contributed by atoms with Gasteiger partial charge in [-0.2, -0.15) is 0 Å². The summed E-state index contributed by atoms with van der Waals surface area (Å²) in [7, 11) is 1.92. The second kappa shape index (κ2) is 5.43. The Labute approximate surface area is 117 Å². The van der Waals surface area contributed by atoms with Gasteiger partial charge in [0.15, 0.2) is 0 Å². The fourth-order valence-electron chi connectivity index (χ4n) is 2.48. The molecule has 19 heavy (non-hydrogen) atoms. The van der Waals surface area contributed by atoms with E-state index in [-0.39, 0.29) is 0 Å². The third-order valence-corrected chi connectivity index (χ3v) is 4.75. The summed E-state index contributed by atoms with van der Waals surface area (Å²) in [4.78, 5) is 11.9. The Hall–Kier alpha value is -1.20. The van der Waals surface area contributed by atoms with Crippen LogP contribution in [-0.4, -0.2) is 30.2 Å². The van der Waals surface area contributed by atoms with Gasteiger partial charge in [0.2, 0.25) is 0 Å². The van der Waals surface area contributed by atoms with Crippen LogP contribution in [0.4, 0.5) is 5.82 Å². The lowest BCUT2D eigenvalue weighted by atomic mass is 10.0. The molecule has 1 unspecified atom stereocenters. The van der Waals surface area contributed by atoms with E-state index in [1.165, 1.54) is 4.88 Å². The van der Waals surface area contributed by atoms with Crippen LogP contribution in [0.3, 0.4) is 0 Å². The second-order valence-electron chi connectivity index (χ2n) is 4.88. The summed E-state index contributed by atoms with van der Waals surface area (Å²) in [5.41, 5.74) is 0. The predicted octanol–water partition coefficient (Wildman–Crippen LogP) is 3.19. The molecule has 1 atom stereocenters. The highest BCUT2D eigenvalue weighted by Crippen LogP contribution is 2.32. The molecule has 1 aliphatic rings. The molecule has 2 aromatic heterocycles. The third-order valence-electron chi connectivity index (χ3n) is 3.57. The Balaban J connectivity index is 2.05. The Bertz CT molecular complexity index is 575. The molecule has 3 rings (SSSR count). The van der Waals surface area contributed by atoms with Crippen molar-refractivity contribution < 1.29 is 4.74 Å². The zero-order chi connectivity index (χ0) is 13.2. The molecule has 4 nitrogen and oxygen atoms in total. The van der Waals surface area contributed by atoms with E-state index in [9.17, 15) is 0 Å². The van der Waals surface area contributed by atoms with E-state index in [4.69, 9.17) is 14.7 Å². The van der Waals surface area contributed by atoms with Gasteiger partial charge in [0.25, 0.3) is 0 Å². The minimum Gasteiger partial charge on any atom is -0.381 e. The number of fused-ring (bicyclic) bond motifs is 1. The lowest BCUT2D eigenvalue weighted by Crippen LogP contribution is -2.18. The summed E-state index contributed by atoms with van der Waals surface area (Å²) in [6.45, 7) is 3.80. The van der Waals surface area contributed by atoms with E-state index in [1.807, 2.05) is 7.05 Å². The normalized spacial score (nSPS) is 19.8. The molecule has 0 aromatic carbocycles. The summed E-state index contributed by atoms with van der Waals surface area (Å²) in [6.07, 6.45) is 3.28. The molecule has 0 spiro atoms. The number of nitrogens with one attached hydrogen (secondary N) is 1. The zero-order valence-corrected chi connectivity index (χ0v) is 12.2. The first-order valence-corrected chi connectivity index (χ1v) is 7.69. The Morgan fingerprint density at radius 2 is 2.37 bits per heavy atom. The highest BCUT2D eigenvalue weighted by Gasteiger charge is 2.21. The Morgan fingerprint density at radius 3 is 3.05 bits per heavy atom. The summed E-state index contributed by atoms with van der Waals surface area (Å²) in [5, 5.41) is 4.34. The van der Waals surface area contributed by atoms with Gasteiger partial charge >= 0.3 is 0 Å². The van der Waals surface area contributed by atoms with Gasteiger partial charge in [0.1, 0.15) is 16.5 Å². The van der Waals surface area contributed by atoms with Crippen molar-refractivity contribution in [3.63, 3.8) is 0 Å². The number of anilines is 1. The topological polar surface area (TPSA) is 47.0 Å². The largest absolute Gasteiger partial charge is 0.381 e. The van der Waals surface area contributed by atoms with E-state index >= 15 is 0 Å². The lowest BCUT2D eigenvalue weighted by Gasteiger charge is -2.21. The summed E-state index contributed by atoms with van der Waals surface area (Å²) < 4.78 is 5.55. The van der Waals surface area contributed by atoms with Crippen LogP contribution in [0.25, 0.3) is 10.2 Å². The number of aryl methyl sites for hydroxylation is 1. The molecule has 1 N–H and O–H groups in total. The molecule has 5 heteroatoms. The minimum absolute atomic E-state index is 0.345. The molecule has 0 bridgehead atoms. The maximum atomic E-state index is 5.55. The van der Waals surface area contributed by atoms with Crippen molar-refractivity contribution >= 4 is 27.4 Å². The van der Waals surface area contributed by atoms with Crippen LogP contribution in [-0.2, 0) is 11.2 Å². The maximum absolute atomic E-state index is 5.55. The fraction of sp³-hybridized carbons (Fsp3) is 0.571. The first kappa shape index (κ1) is 12.8. The molecule has 1 aliphatic heterocycles. The van der Waals surface area contributed by atoms with E-state index in [1.54, 1.807) is 11.3 Å². The van der Waals surface area contributed by atoms with Crippen LogP contribution in [0.2, 0.25) is 0 Å². The van der Waals surface area contributed by atoms with Gasteiger partial charge in [-0.3, -0.25) is 0 Å². The van der Waals surface area contributed by atoms with Gasteiger partial charge in [-0.25, -0.2) is 9.97 Å². The third kappa shape index (κ3) is 2.44. The summed E-state index contributed by atoms with van der Waals surface area (Å²) >= 11 is 1.77. The van der Waals surface area contributed by atoms with Crippen molar-refractivity contribution in [3.05, 3.63) is 16.8 Å². The predicted molar refractivity (Wildman–Crippen MR) is 79.1 cm³/mol. The quantitative estimate of drug-likeness (QED) is 0.936. The lowest BCUT2D eigenvalue weighted by molar-refractivity contribution is 0.0782. The SMILES string of the molecule is CCc1cc2c(NC)nc(C3CCCOC3)nc2s1. The van der Waals surface area contributed by atoms with Gasteiger partial charge in [-0.15, -0.1) is 11.3 Å². The van der Waals surface area contributed by atoms with E-state index in [2.05, 4.69) is 18.3 Å². The van der Waals surface area contributed by atoms with Gasteiger partial charge in [0.05, 0.1) is 12.0 Å². The average molecular weight is 277 g/mol. The van der Waals surface area contributed by atoms with Gasteiger partial charge < -0.3 is 10.1 Å². The van der Waals surface area contributed by atoms with E-state index in [0.29, 0.717) is 5.92 Å². The standard InChI is InChI=1S/C14H19N3OS/c1-3-10-7-11-13(15-2)16-12(17-14(11)19-10)9-5-4-6-18-8-9/h7,9H,3-6,8H2,1-2H3,(H,15,16,17). The van der Waals surface area contributed by atoms with Crippen LogP contribution in [0.1, 0.15) is 36.4 Å². The Morgan fingerprint density at radius 1 is 1.47 bits per heavy atom. The Kier molecular flexibility index (Phi) is 3.66. The smallest absolute Gasteiger partial charge is 0.138 e. The molecular weight excluding hydrogens is 258 g/mol. The van der Waals surface area contributed by atoms with Crippen molar-refractivity contribution in [2.45, 2.75) is 32.1 Å². The number of rotatable bonds is 3. The van der Waals surface area contributed by atoms with Crippen LogP contribution in [0, 0.1) is 0 Å². The molecule has 2 aromatic rings. The van der Waals surface area contributed by atoms with Crippen LogP contribution < -0.4 is 5.32 Å². The molecule has 0 radical (unpaired) electrons. The number of hydrogen-bond acceptors (Lipinski definition) is 5. The van der Waals surface area contributed by atoms with Crippen LogP contribution >= 0.6 is 11.3 Å².